The first-order valence-corrected chi connectivity index (χ1v) is 6.54. The van der Waals surface area contributed by atoms with Gasteiger partial charge in [-0.3, -0.25) is 5.10 Å². The highest BCUT2D eigenvalue weighted by Gasteiger charge is 2.23. The van der Waals surface area contributed by atoms with E-state index in [1.165, 1.54) is 25.0 Å². The Labute approximate surface area is 110 Å². The second kappa shape index (κ2) is 4.72. The van der Waals surface area contributed by atoms with Crippen molar-refractivity contribution in [1.29, 1.82) is 0 Å². The van der Waals surface area contributed by atoms with Crippen LogP contribution in [-0.2, 0) is 0 Å². The minimum atomic E-state index is -0.625. The molecular formula is C14H15F2N3. The molecule has 0 radical (unpaired) electrons. The van der Waals surface area contributed by atoms with Gasteiger partial charge in [0.25, 0.3) is 0 Å². The molecule has 0 aliphatic heterocycles. The maximum atomic E-state index is 14.0. The lowest BCUT2D eigenvalue weighted by Gasteiger charge is -2.04. The monoisotopic (exact) mass is 263 g/mol. The number of nitrogens with one attached hydrogen (secondary N) is 1. The van der Waals surface area contributed by atoms with Crippen molar-refractivity contribution in [1.82, 2.24) is 15.2 Å². The van der Waals surface area contributed by atoms with E-state index >= 15 is 0 Å². The Balaban J connectivity index is 2.01. The molecule has 5 heteroatoms. The number of rotatable bonds is 2. The van der Waals surface area contributed by atoms with Crippen molar-refractivity contribution in [2.75, 3.05) is 0 Å². The van der Waals surface area contributed by atoms with Crippen LogP contribution in [0.5, 0.6) is 0 Å². The van der Waals surface area contributed by atoms with Crippen molar-refractivity contribution in [3.63, 3.8) is 0 Å². The van der Waals surface area contributed by atoms with E-state index in [0.717, 1.165) is 18.7 Å². The summed E-state index contributed by atoms with van der Waals surface area (Å²) in [5, 5.41) is 6.80. The van der Waals surface area contributed by atoms with Crippen LogP contribution in [0.2, 0.25) is 0 Å². The zero-order valence-electron chi connectivity index (χ0n) is 10.7. The first kappa shape index (κ1) is 12.3. The van der Waals surface area contributed by atoms with Crippen LogP contribution >= 0.6 is 0 Å². The molecule has 1 heterocycles. The van der Waals surface area contributed by atoms with E-state index in [0.29, 0.717) is 11.5 Å². The molecule has 1 aromatic heterocycles. The van der Waals surface area contributed by atoms with Gasteiger partial charge in [-0.25, -0.2) is 13.8 Å². The minimum Gasteiger partial charge on any atom is -0.262 e. The number of nitrogens with zero attached hydrogens (tertiary/aromatic N) is 2. The van der Waals surface area contributed by atoms with Crippen LogP contribution in [-0.4, -0.2) is 15.2 Å². The Hall–Kier alpha value is -1.78. The molecule has 0 unspecified atom stereocenters. The smallest absolute Gasteiger partial charge is 0.187 e. The molecule has 1 aliphatic rings. The molecule has 3 rings (SSSR count). The Bertz CT molecular complexity index is 601. The summed E-state index contributed by atoms with van der Waals surface area (Å²) < 4.78 is 27.8. The van der Waals surface area contributed by atoms with E-state index in [9.17, 15) is 8.78 Å². The lowest BCUT2D eigenvalue weighted by molar-refractivity contribution is 0.581. The summed E-state index contributed by atoms with van der Waals surface area (Å²) in [5.74, 6) is -0.0115. The van der Waals surface area contributed by atoms with Gasteiger partial charge in [0, 0.05) is 5.92 Å². The Morgan fingerprint density at radius 1 is 1.21 bits per heavy atom. The fourth-order valence-corrected chi connectivity index (χ4v) is 2.63. The largest absolute Gasteiger partial charge is 0.262 e. The third-order valence-corrected chi connectivity index (χ3v) is 3.75. The molecule has 0 bridgehead atoms. The third kappa shape index (κ3) is 2.13. The summed E-state index contributed by atoms with van der Waals surface area (Å²) in [5.41, 5.74) is 0.254. The van der Waals surface area contributed by atoms with E-state index in [-0.39, 0.29) is 11.4 Å². The van der Waals surface area contributed by atoms with Gasteiger partial charge in [-0.05, 0) is 31.4 Å². The van der Waals surface area contributed by atoms with Gasteiger partial charge in [0.05, 0.1) is 5.56 Å². The summed E-state index contributed by atoms with van der Waals surface area (Å²) in [6.45, 7) is 1.60. The summed E-state index contributed by atoms with van der Waals surface area (Å²) >= 11 is 0. The first-order chi connectivity index (χ1) is 9.16. The standard InChI is InChI=1S/C14H15F2N3/c1-8-6-7-10(15)11(12(8)16)14-17-13(18-19-14)9-4-2-3-5-9/h6-7,9H,2-5H2,1H3,(H,17,18,19). The minimum absolute atomic E-state index is 0.112. The zero-order valence-corrected chi connectivity index (χ0v) is 10.7. The van der Waals surface area contributed by atoms with Crippen LogP contribution in [0, 0.1) is 18.6 Å². The lowest BCUT2D eigenvalue weighted by atomic mass is 10.1. The van der Waals surface area contributed by atoms with Crippen molar-refractivity contribution in [3.8, 4) is 11.4 Å². The van der Waals surface area contributed by atoms with Crippen LogP contribution in [0.15, 0.2) is 12.1 Å². The summed E-state index contributed by atoms with van der Waals surface area (Å²) in [7, 11) is 0. The second-order valence-electron chi connectivity index (χ2n) is 5.08. The van der Waals surface area contributed by atoms with Crippen LogP contribution in [0.4, 0.5) is 8.78 Å². The van der Waals surface area contributed by atoms with Gasteiger partial charge in [-0.15, -0.1) is 0 Å². The molecule has 1 fully saturated rings. The van der Waals surface area contributed by atoms with Crippen LogP contribution in [0.3, 0.4) is 0 Å². The maximum Gasteiger partial charge on any atom is 0.187 e. The van der Waals surface area contributed by atoms with Gasteiger partial charge in [0.1, 0.15) is 17.5 Å². The highest BCUT2D eigenvalue weighted by Crippen LogP contribution is 2.33. The van der Waals surface area contributed by atoms with Crippen molar-refractivity contribution < 1.29 is 8.78 Å². The van der Waals surface area contributed by atoms with E-state index in [1.807, 2.05) is 0 Å². The van der Waals surface area contributed by atoms with Gasteiger partial charge in [0.15, 0.2) is 5.82 Å². The fraction of sp³-hybridized carbons (Fsp3) is 0.429. The van der Waals surface area contributed by atoms with Gasteiger partial charge in [-0.2, -0.15) is 5.10 Å². The highest BCUT2D eigenvalue weighted by atomic mass is 19.1. The number of aromatic amines is 1. The van der Waals surface area contributed by atoms with Gasteiger partial charge >= 0.3 is 0 Å². The number of aromatic nitrogens is 3. The average Bonchev–Trinajstić information content (AvgIpc) is 3.04. The molecule has 1 aliphatic carbocycles. The second-order valence-corrected chi connectivity index (χ2v) is 5.08. The Kier molecular flexibility index (Phi) is 3.05. The normalized spacial score (nSPS) is 16.2. The van der Waals surface area contributed by atoms with Crippen molar-refractivity contribution in [3.05, 3.63) is 35.2 Å². The number of benzene rings is 1. The Morgan fingerprint density at radius 2 is 1.95 bits per heavy atom. The molecule has 1 aromatic carbocycles. The molecule has 3 nitrogen and oxygen atoms in total. The van der Waals surface area contributed by atoms with Gasteiger partial charge in [0.2, 0.25) is 0 Å². The lowest BCUT2D eigenvalue weighted by Crippen LogP contribution is -1.96. The van der Waals surface area contributed by atoms with Crippen LogP contribution in [0.25, 0.3) is 11.4 Å². The van der Waals surface area contributed by atoms with Crippen molar-refractivity contribution in [2.24, 2.45) is 0 Å². The number of hydrogen-bond acceptors (Lipinski definition) is 2. The maximum absolute atomic E-state index is 14.0. The molecule has 0 atom stereocenters. The van der Waals surface area contributed by atoms with Crippen molar-refractivity contribution in [2.45, 2.75) is 38.5 Å². The van der Waals surface area contributed by atoms with Crippen LogP contribution < -0.4 is 0 Å². The number of aryl methyl sites for hydroxylation is 1. The topological polar surface area (TPSA) is 41.6 Å². The summed E-state index contributed by atoms with van der Waals surface area (Å²) in [6, 6.07) is 2.66. The number of halogens is 2. The fourth-order valence-electron chi connectivity index (χ4n) is 2.63. The Morgan fingerprint density at radius 3 is 2.68 bits per heavy atom. The SMILES string of the molecule is Cc1ccc(F)c(-c2n[nH]c(C3CCCC3)n2)c1F. The molecule has 1 saturated carbocycles. The third-order valence-electron chi connectivity index (χ3n) is 3.75. The van der Waals surface area contributed by atoms with E-state index < -0.39 is 11.6 Å². The molecule has 0 amide bonds. The molecular weight excluding hydrogens is 248 g/mol. The van der Waals surface area contributed by atoms with E-state index in [1.54, 1.807) is 6.92 Å². The number of H-pyrrole nitrogens is 1. The molecule has 0 saturated heterocycles. The molecule has 2 aromatic rings. The first-order valence-electron chi connectivity index (χ1n) is 6.54. The van der Waals surface area contributed by atoms with Gasteiger partial charge in [-0.1, -0.05) is 18.9 Å². The van der Waals surface area contributed by atoms with Gasteiger partial charge < -0.3 is 0 Å². The summed E-state index contributed by atoms with van der Waals surface area (Å²) in [6.07, 6.45) is 4.47. The van der Waals surface area contributed by atoms with E-state index in [2.05, 4.69) is 15.2 Å². The quantitative estimate of drug-likeness (QED) is 0.897. The zero-order chi connectivity index (χ0) is 13.4. The van der Waals surface area contributed by atoms with Crippen LogP contribution in [0.1, 0.15) is 43.0 Å². The summed E-state index contributed by atoms with van der Waals surface area (Å²) in [4.78, 5) is 4.28. The van der Waals surface area contributed by atoms with Crippen molar-refractivity contribution >= 4 is 0 Å². The predicted molar refractivity (Wildman–Crippen MR) is 67.7 cm³/mol. The molecule has 0 spiro atoms. The average molecular weight is 263 g/mol. The molecule has 100 valence electrons. The highest BCUT2D eigenvalue weighted by molar-refractivity contribution is 5.58. The molecule has 19 heavy (non-hydrogen) atoms. The van der Waals surface area contributed by atoms with E-state index in [4.69, 9.17) is 0 Å². The number of hydrogen-bond donors (Lipinski definition) is 1. The molecule has 1 N–H and O–H groups in total. The predicted octanol–water partition coefficient (Wildman–Crippen LogP) is 3.72.